The second-order valence-electron chi connectivity index (χ2n) is 8.96. The van der Waals surface area contributed by atoms with Gasteiger partial charge in [-0.2, -0.15) is 0 Å². The van der Waals surface area contributed by atoms with E-state index in [4.69, 9.17) is 23.9 Å². The van der Waals surface area contributed by atoms with Crippen molar-refractivity contribution in [1.29, 1.82) is 0 Å². The molecule has 1 N–H and O–H groups in total. The highest BCUT2D eigenvalue weighted by molar-refractivity contribution is 5.96. The third-order valence-electron chi connectivity index (χ3n) is 6.25. The van der Waals surface area contributed by atoms with Gasteiger partial charge in [-0.1, -0.05) is 55.8 Å². The van der Waals surface area contributed by atoms with Gasteiger partial charge in [0.05, 0.1) is 18.8 Å². The first kappa shape index (κ1) is 28.0. The molecule has 2 heterocycles. The van der Waals surface area contributed by atoms with Crippen molar-refractivity contribution in [3.8, 4) is 22.9 Å². The van der Waals surface area contributed by atoms with Gasteiger partial charge in [0.15, 0.2) is 5.52 Å². The van der Waals surface area contributed by atoms with Crippen molar-refractivity contribution in [1.82, 2.24) is 19.7 Å². The lowest BCUT2D eigenvalue weighted by atomic mass is 9.99. The number of hydrogen-bond donors (Lipinski definition) is 1. The Labute approximate surface area is 227 Å². The van der Waals surface area contributed by atoms with E-state index in [1.54, 1.807) is 26.4 Å². The lowest BCUT2D eigenvalue weighted by molar-refractivity contribution is 0.0697. The molecule has 4 aromatic rings. The van der Waals surface area contributed by atoms with Crippen molar-refractivity contribution in [2.24, 2.45) is 0 Å². The molecule has 0 aliphatic heterocycles. The van der Waals surface area contributed by atoms with Crippen LogP contribution in [0.25, 0.3) is 22.2 Å². The van der Waals surface area contributed by atoms with Gasteiger partial charge in [-0.05, 0) is 29.2 Å². The fraction of sp³-hybridized carbons (Fsp3) is 0.379. The van der Waals surface area contributed by atoms with Gasteiger partial charge in [0.1, 0.15) is 24.6 Å². The molecule has 0 amide bonds. The van der Waals surface area contributed by atoms with E-state index in [1.165, 1.54) is 0 Å². The van der Waals surface area contributed by atoms with Crippen molar-refractivity contribution >= 4 is 17.0 Å². The van der Waals surface area contributed by atoms with Crippen molar-refractivity contribution in [2.75, 3.05) is 40.6 Å². The Hall–Kier alpha value is -4.02. The monoisotopic (exact) mass is 534 g/mol. The number of aryl methyl sites for hydroxylation is 1. The standard InChI is InChI=1S/C29H34N4O6/c1-4-5-10-24-30-25-26(28(39-18-16-37-3)32-31-27(25)38-17-15-36-2)33(24)19-20-11-13-21(14-12-20)22-8-6-7-9-23(22)29(34)35/h6-9,11-14H,4-5,10,15-19H2,1-3H3,(H,34,35). The van der Waals surface area contributed by atoms with Crippen LogP contribution in [0.2, 0.25) is 0 Å². The number of ether oxygens (including phenoxy) is 4. The molecule has 0 saturated carbocycles. The number of nitrogens with zero attached hydrogens (tertiary/aromatic N) is 4. The first-order chi connectivity index (χ1) is 19.1. The predicted octanol–water partition coefficient (Wildman–Crippen LogP) is 4.63. The Morgan fingerprint density at radius 1 is 0.897 bits per heavy atom. The molecule has 0 radical (unpaired) electrons. The summed E-state index contributed by atoms with van der Waals surface area (Å²) in [5.74, 6) is 0.627. The molecule has 2 aromatic carbocycles. The lowest BCUT2D eigenvalue weighted by Crippen LogP contribution is -2.11. The maximum absolute atomic E-state index is 11.7. The first-order valence-corrected chi connectivity index (χ1v) is 13.0. The third kappa shape index (κ3) is 6.71. The summed E-state index contributed by atoms with van der Waals surface area (Å²) in [6, 6.07) is 14.9. The van der Waals surface area contributed by atoms with Gasteiger partial charge in [-0.15, -0.1) is 10.2 Å². The summed E-state index contributed by atoms with van der Waals surface area (Å²) in [6.45, 7) is 4.11. The molecule has 0 atom stereocenters. The maximum atomic E-state index is 11.7. The fourth-order valence-corrected chi connectivity index (χ4v) is 4.28. The minimum Gasteiger partial charge on any atom is -0.478 e. The van der Waals surface area contributed by atoms with Crippen LogP contribution in [-0.2, 0) is 22.4 Å². The highest BCUT2D eigenvalue weighted by atomic mass is 16.5. The van der Waals surface area contributed by atoms with Crippen LogP contribution >= 0.6 is 0 Å². The molecule has 10 nitrogen and oxygen atoms in total. The summed E-state index contributed by atoms with van der Waals surface area (Å²) in [5, 5.41) is 18.2. The Kier molecular flexibility index (Phi) is 9.82. The Morgan fingerprint density at radius 3 is 2.23 bits per heavy atom. The molecular formula is C29H34N4O6. The number of carboxylic acid groups (broad SMARTS) is 1. The van der Waals surface area contributed by atoms with E-state index in [-0.39, 0.29) is 5.56 Å². The van der Waals surface area contributed by atoms with Crippen LogP contribution < -0.4 is 9.47 Å². The third-order valence-corrected chi connectivity index (χ3v) is 6.25. The van der Waals surface area contributed by atoms with E-state index < -0.39 is 5.97 Å². The number of imidazole rings is 1. The molecule has 0 aliphatic carbocycles. The van der Waals surface area contributed by atoms with E-state index in [1.807, 2.05) is 36.4 Å². The molecule has 4 rings (SSSR count). The van der Waals surface area contributed by atoms with Gasteiger partial charge in [-0.3, -0.25) is 0 Å². The number of aromatic carboxylic acids is 1. The van der Waals surface area contributed by atoms with E-state index in [0.717, 1.165) is 36.2 Å². The molecule has 0 spiro atoms. The number of rotatable bonds is 15. The average molecular weight is 535 g/mol. The summed E-state index contributed by atoms with van der Waals surface area (Å²) in [5.41, 5.74) is 4.10. The average Bonchev–Trinajstić information content (AvgIpc) is 3.31. The van der Waals surface area contributed by atoms with Crippen LogP contribution in [0.3, 0.4) is 0 Å². The minimum absolute atomic E-state index is 0.269. The number of carboxylic acids is 1. The topological polar surface area (TPSA) is 118 Å². The SMILES string of the molecule is CCCCc1nc2c(OCCOC)nnc(OCCOC)c2n1Cc1ccc(-c2ccccc2C(=O)O)cc1. The largest absolute Gasteiger partial charge is 0.478 e. The van der Waals surface area contributed by atoms with E-state index in [9.17, 15) is 9.90 Å². The highest BCUT2D eigenvalue weighted by Gasteiger charge is 2.22. The molecule has 10 heteroatoms. The van der Waals surface area contributed by atoms with Crippen LogP contribution in [-0.4, -0.2) is 71.5 Å². The zero-order chi connectivity index (χ0) is 27.6. The van der Waals surface area contributed by atoms with Crippen LogP contribution in [0, 0.1) is 0 Å². The normalized spacial score (nSPS) is 11.2. The van der Waals surface area contributed by atoms with Gasteiger partial charge in [0.25, 0.3) is 11.8 Å². The summed E-state index contributed by atoms with van der Waals surface area (Å²) in [4.78, 5) is 16.6. The molecular weight excluding hydrogens is 500 g/mol. The molecule has 0 saturated heterocycles. The second-order valence-corrected chi connectivity index (χ2v) is 8.96. The molecule has 0 unspecified atom stereocenters. The van der Waals surface area contributed by atoms with Gasteiger partial charge in [-0.25, -0.2) is 9.78 Å². The molecule has 2 aromatic heterocycles. The van der Waals surface area contributed by atoms with Crippen molar-refractivity contribution in [2.45, 2.75) is 32.7 Å². The van der Waals surface area contributed by atoms with E-state index >= 15 is 0 Å². The summed E-state index contributed by atoms with van der Waals surface area (Å²) >= 11 is 0. The molecule has 206 valence electrons. The number of unbranched alkanes of at least 4 members (excludes halogenated alkanes) is 1. The number of hydrogen-bond acceptors (Lipinski definition) is 8. The summed E-state index contributed by atoms with van der Waals surface area (Å²) in [7, 11) is 3.23. The minimum atomic E-state index is -0.953. The maximum Gasteiger partial charge on any atom is 0.336 e. The Morgan fingerprint density at radius 2 is 1.56 bits per heavy atom. The van der Waals surface area contributed by atoms with Gasteiger partial charge in [0.2, 0.25) is 0 Å². The first-order valence-electron chi connectivity index (χ1n) is 13.0. The van der Waals surface area contributed by atoms with Crippen molar-refractivity contribution in [3.63, 3.8) is 0 Å². The number of carbonyl (C=O) groups is 1. The quantitative estimate of drug-likeness (QED) is 0.218. The van der Waals surface area contributed by atoms with Crippen LogP contribution in [0.15, 0.2) is 48.5 Å². The second kappa shape index (κ2) is 13.7. The number of methoxy groups -OCH3 is 2. The van der Waals surface area contributed by atoms with E-state index in [0.29, 0.717) is 61.3 Å². The fourth-order valence-electron chi connectivity index (χ4n) is 4.28. The summed E-state index contributed by atoms with van der Waals surface area (Å²) < 4.78 is 24.2. The number of fused-ring (bicyclic) bond motifs is 1. The van der Waals surface area contributed by atoms with E-state index in [2.05, 4.69) is 21.7 Å². The number of benzene rings is 2. The molecule has 0 fully saturated rings. The van der Waals surface area contributed by atoms with Gasteiger partial charge < -0.3 is 28.6 Å². The zero-order valence-corrected chi connectivity index (χ0v) is 22.6. The smallest absolute Gasteiger partial charge is 0.336 e. The lowest BCUT2D eigenvalue weighted by Gasteiger charge is -2.13. The molecule has 39 heavy (non-hydrogen) atoms. The van der Waals surface area contributed by atoms with Crippen LogP contribution in [0.1, 0.15) is 41.5 Å². The summed E-state index contributed by atoms with van der Waals surface area (Å²) in [6.07, 6.45) is 2.75. The molecule has 0 aliphatic rings. The Bertz CT molecular complexity index is 1390. The predicted molar refractivity (Wildman–Crippen MR) is 147 cm³/mol. The van der Waals surface area contributed by atoms with Crippen LogP contribution in [0.4, 0.5) is 0 Å². The Balaban J connectivity index is 1.74. The van der Waals surface area contributed by atoms with Gasteiger partial charge >= 0.3 is 5.97 Å². The van der Waals surface area contributed by atoms with Crippen LogP contribution in [0.5, 0.6) is 11.8 Å². The molecule has 0 bridgehead atoms. The highest BCUT2D eigenvalue weighted by Crippen LogP contribution is 2.32. The van der Waals surface area contributed by atoms with Gasteiger partial charge in [0, 0.05) is 27.2 Å². The van der Waals surface area contributed by atoms with Crippen molar-refractivity contribution in [3.05, 3.63) is 65.5 Å². The number of aromatic nitrogens is 4. The van der Waals surface area contributed by atoms with Crippen molar-refractivity contribution < 1.29 is 28.8 Å². The zero-order valence-electron chi connectivity index (χ0n) is 22.6.